The Balaban J connectivity index is 2.20. The lowest BCUT2D eigenvalue weighted by molar-refractivity contribution is -0.140. The summed E-state index contributed by atoms with van der Waals surface area (Å²) in [6.45, 7) is 7.75. The van der Waals surface area contributed by atoms with E-state index in [9.17, 15) is 9.59 Å². The van der Waals surface area contributed by atoms with Gasteiger partial charge >= 0.3 is 14.5 Å². The van der Waals surface area contributed by atoms with E-state index in [1.807, 2.05) is 20.4 Å². The molecular formula is C13H25NO5Si. The van der Waals surface area contributed by atoms with Crippen molar-refractivity contribution in [3.8, 4) is 0 Å². The molecule has 0 aromatic rings. The number of hydrogen-bond donors (Lipinski definition) is 2. The smallest absolute Gasteiger partial charge is 0.334 e. The Kier molecular flexibility index (Phi) is 6.64. The summed E-state index contributed by atoms with van der Waals surface area (Å²) in [5, 5.41) is 11.6. The van der Waals surface area contributed by atoms with E-state index in [4.69, 9.17) is 14.0 Å². The second-order valence-electron chi connectivity index (χ2n) is 5.18. The molecule has 6 nitrogen and oxygen atoms in total. The Hall–Kier alpha value is -0.923. The largest absolute Gasteiger partial charge is 0.481 e. The molecule has 0 spiro atoms. The van der Waals surface area contributed by atoms with Crippen LogP contribution in [-0.4, -0.2) is 45.3 Å². The van der Waals surface area contributed by atoms with E-state index in [0.717, 1.165) is 12.5 Å². The van der Waals surface area contributed by atoms with Crippen molar-refractivity contribution in [3.63, 3.8) is 0 Å². The highest BCUT2D eigenvalue weighted by molar-refractivity contribution is 6.66. The fraction of sp³-hybridized carbons (Fsp3) is 0.846. The first-order chi connectivity index (χ1) is 9.43. The molecule has 1 aliphatic carbocycles. The summed E-state index contributed by atoms with van der Waals surface area (Å²) < 4.78 is 11.4. The summed E-state index contributed by atoms with van der Waals surface area (Å²) in [4.78, 5) is 22.3. The van der Waals surface area contributed by atoms with E-state index in [-0.39, 0.29) is 11.8 Å². The normalized spacial score (nSPS) is 21.6. The second-order valence-corrected chi connectivity index (χ2v) is 8.53. The van der Waals surface area contributed by atoms with Gasteiger partial charge in [0, 0.05) is 19.8 Å². The predicted octanol–water partition coefficient (Wildman–Crippen LogP) is 1.36. The van der Waals surface area contributed by atoms with Crippen molar-refractivity contribution < 1.29 is 23.5 Å². The van der Waals surface area contributed by atoms with E-state index in [1.165, 1.54) is 0 Å². The van der Waals surface area contributed by atoms with Gasteiger partial charge in [-0.25, -0.2) is 0 Å². The minimum atomic E-state index is -2.11. The number of aliphatic carboxylic acids is 1. The number of carbonyl (C=O) groups excluding carboxylic acids is 1. The van der Waals surface area contributed by atoms with Gasteiger partial charge in [0.2, 0.25) is 5.91 Å². The summed E-state index contributed by atoms with van der Waals surface area (Å²) in [6, 6.07) is 0.821. The number of nitrogens with one attached hydrogen (secondary N) is 1. The highest BCUT2D eigenvalue weighted by Gasteiger charge is 2.48. The van der Waals surface area contributed by atoms with Gasteiger partial charge in [-0.15, -0.1) is 0 Å². The van der Waals surface area contributed by atoms with Crippen LogP contribution in [0.3, 0.4) is 0 Å². The maximum atomic E-state index is 11.7. The highest BCUT2D eigenvalue weighted by atomic mass is 28.4. The van der Waals surface area contributed by atoms with E-state index in [1.54, 1.807) is 0 Å². The van der Waals surface area contributed by atoms with Crippen LogP contribution in [0.2, 0.25) is 12.6 Å². The van der Waals surface area contributed by atoms with Crippen LogP contribution in [0.5, 0.6) is 0 Å². The molecule has 0 radical (unpaired) electrons. The van der Waals surface area contributed by atoms with Gasteiger partial charge in [0.25, 0.3) is 0 Å². The van der Waals surface area contributed by atoms with Crippen LogP contribution in [0.1, 0.15) is 26.7 Å². The van der Waals surface area contributed by atoms with Crippen LogP contribution in [0.15, 0.2) is 0 Å². The van der Waals surface area contributed by atoms with Crippen molar-refractivity contribution >= 4 is 20.4 Å². The molecule has 2 unspecified atom stereocenters. The molecule has 7 heteroatoms. The predicted molar refractivity (Wildman–Crippen MR) is 76.5 cm³/mol. The zero-order valence-corrected chi connectivity index (χ0v) is 13.5. The Morgan fingerprint density at radius 2 is 1.85 bits per heavy atom. The van der Waals surface area contributed by atoms with Gasteiger partial charge in [0.05, 0.1) is 11.8 Å². The Morgan fingerprint density at radius 3 is 2.30 bits per heavy atom. The van der Waals surface area contributed by atoms with Gasteiger partial charge in [-0.1, -0.05) is 0 Å². The Morgan fingerprint density at radius 1 is 1.25 bits per heavy atom. The molecule has 0 saturated heterocycles. The number of carboxylic acid groups (broad SMARTS) is 1. The second kappa shape index (κ2) is 7.75. The van der Waals surface area contributed by atoms with Gasteiger partial charge < -0.3 is 19.3 Å². The lowest BCUT2D eigenvalue weighted by atomic mass is 10.3. The van der Waals surface area contributed by atoms with Crippen molar-refractivity contribution in [1.29, 1.82) is 0 Å². The molecule has 1 rings (SSSR count). The third kappa shape index (κ3) is 5.22. The molecule has 1 amide bonds. The van der Waals surface area contributed by atoms with Gasteiger partial charge in [-0.3, -0.25) is 9.59 Å². The summed E-state index contributed by atoms with van der Waals surface area (Å²) in [6.07, 6.45) is 1.25. The van der Waals surface area contributed by atoms with Crippen LogP contribution in [0.4, 0.5) is 0 Å². The van der Waals surface area contributed by atoms with Crippen LogP contribution < -0.4 is 5.32 Å². The molecule has 0 aliphatic heterocycles. The third-order valence-corrected chi connectivity index (χ3v) is 6.51. The van der Waals surface area contributed by atoms with E-state index < -0.39 is 20.4 Å². The van der Waals surface area contributed by atoms with Gasteiger partial charge in [0.15, 0.2) is 0 Å². The van der Waals surface area contributed by atoms with Crippen LogP contribution in [0.25, 0.3) is 0 Å². The molecule has 1 saturated carbocycles. The molecule has 116 valence electrons. The number of hydrogen-bond acceptors (Lipinski definition) is 4. The van der Waals surface area contributed by atoms with Crippen molar-refractivity contribution in [2.45, 2.75) is 39.3 Å². The molecule has 2 atom stereocenters. The van der Waals surface area contributed by atoms with E-state index in [2.05, 4.69) is 5.32 Å². The monoisotopic (exact) mass is 303 g/mol. The SMILES string of the molecule is CCO[Si](C)(CCCNC(=O)C1CC1C(=O)O)OCC. The fourth-order valence-electron chi connectivity index (χ4n) is 2.31. The van der Waals surface area contributed by atoms with Gasteiger partial charge in [-0.05, 0) is 39.3 Å². The number of amides is 1. The molecule has 0 bridgehead atoms. The van der Waals surface area contributed by atoms with Crippen molar-refractivity contribution in [2.24, 2.45) is 11.8 Å². The van der Waals surface area contributed by atoms with Crippen molar-refractivity contribution in [1.82, 2.24) is 5.32 Å². The summed E-state index contributed by atoms with van der Waals surface area (Å²) >= 11 is 0. The quantitative estimate of drug-likeness (QED) is 0.470. The van der Waals surface area contributed by atoms with Crippen molar-refractivity contribution in [3.05, 3.63) is 0 Å². The zero-order valence-electron chi connectivity index (χ0n) is 12.5. The van der Waals surface area contributed by atoms with Crippen molar-refractivity contribution in [2.75, 3.05) is 19.8 Å². The molecule has 0 aromatic heterocycles. The lowest BCUT2D eigenvalue weighted by Gasteiger charge is -2.25. The number of carboxylic acids is 1. The fourth-order valence-corrected chi connectivity index (χ4v) is 4.72. The topological polar surface area (TPSA) is 84.9 Å². The van der Waals surface area contributed by atoms with Crippen LogP contribution >= 0.6 is 0 Å². The molecule has 1 fully saturated rings. The summed E-state index contributed by atoms with van der Waals surface area (Å²) in [7, 11) is -2.11. The standard InChI is InChI=1S/C13H25NO5Si/c1-4-18-20(3,19-5-2)8-6-7-14-12(15)10-9-11(10)13(16)17/h10-11H,4-9H2,1-3H3,(H,14,15)(H,16,17). The minimum absolute atomic E-state index is 0.145. The maximum absolute atomic E-state index is 11.7. The first-order valence-electron chi connectivity index (χ1n) is 7.22. The van der Waals surface area contributed by atoms with Crippen LogP contribution in [0, 0.1) is 11.8 Å². The molecule has 20 heavy (non-hydrogen) atoms. The molecule has 0 heterocycles. The van der Waals surface area contributed by atoms with E-state index >= 15 is 0 Å². The number of carbonyl (C=O) groups is 2. The first kappa shape index (κ1) is 17.1. The third-order valence-electron chi connectivity index (χ3n) is 3.45. The average Bonchev–Trinajstić information content (AvgIpc) is 3.15. The summed E-state index contributed by atoms with van der Waals surface area (Å²) in [5.41, 5.74) is 0. The number of rotatable bonds is 10. The lowest BCUT2D eigenvalue weighted by Crippen LogP contribution is -2.39. The maximum Gasteiger partial charge on any atom is 0.334 e. The first-order valence-corrected chi connectivity index (χ1v) is 9.74. The van der Waals surface area contributed by atoms with E-state index in [0.29, 0.717) is 26.2 Å². The highest BCUT2D eigenvalue weighted by Crippen LogP contribution is 2.38. The zero-order chi connectivity index (χ0) is 15.2. The molecule has 2 N–H and O–H groups in total. The summed E-state index contributed by atoms with van der Waals surface area (Å²) in [5.74, 6) is -1.84. The minimum Gasteiger partial charge on any atom is -0.481 e. The Bertz CT molecular complexity index is 344. The molecule has 0 aromatic carbocycles. The Labute approximate surface area is 121 Å². The molecular weight excluding hydrogens is 278 g/mol. The van der Waals surface area contributed by atoms with Gasteiger partial charge in [0.1, 0.15) is 0 Å². The van der Waals surface area contributed by atoms with Gasteiger partial charge in [-0.2, -0.15) is 0 Å². The molecule has 1 aliphatic rings. The average molecular weight is 303 g/mol. The van der Waals surface area contributed by atoms with Crippen LogP contribution in [-0.2, 0) is 18.4 Å².